The Labute approximate surface area is 193 Å². The fraction of sp³-hybridized carbons (Fsp3) is 0.148. The number of nitrogens with zero attached hydrogens (tertiary/aromatic N) is 1. The van der Waals surface area contributed by atoms with E-state index in [1.54, 1.807) is 30.3 Å². The van der Waals surface area contributed by atoms with E-state index >= 15 is 0 Å². The second-order valence-electron chi connectivity index (χ2n) is 7.21. The minimum absolute atomic E-state index is 0.129. The molecule has 168 valence electrons. The minimum atomic E-state index is -0.465. The van der Waals surface area contributed by atoms with Crippen molar-refractivity contribution in [1.29, 1.82) is 0 Å². The first kappa shape index (κ1) is 23.5. The Hall–Kier alpha value is -4.19. The highest BCUT2D eigenvalue weighted by atomic mass is 16.5. The molecule has 0 aromatic heterocycles. The van der Waals surface area contributed by atoms with Crippen LogP contribution in [0.4, 0.5) is 0 Å². The van der Waals surface area contributed by atoms with Gasteiger partial charge in [-0.05, 0) is 65.6 Å². The van der Waals surface area contributed by atoms with E-state index in [1.165, 1.54) is 17.9 Å². The Balaban J connectivity index is 1.40. The monoisotopic (exact) mass is 442 g/mol. The third-order valence-electron chi connectivity index (χ3n) is 4.54. The van der Waals surface area contributed by atoms with Crippen LogP contribution in [0.3, 0.4) is 0 Å². The summed E-state index contributed by atoms with van der Waals surface area (Å²) in [6, 6.07) is 24.0. The second-order valence-corrected chi connectivity index (χ2v) is 7.21. The molecule has 0 aliphatic heterocycles. The molecule has 3 aromatic carbocycles. The average Bonchev–Trinajstić information content (AvgIpc) is 2.84. The van der Waals surface area contributed by atoms with Gasteiger partial charge >= 0.3 is 5.97 Å². The first-order valence-corrected chi connectivity index (χ1v) is 10.7. The minimum Gasteiger partial charge on any atom is -0.484 e. The highest BCUT2D eigenvalue weighted by molar-refractivity contribution is 5.89. The molecular formula is C27H26N2O4. The van der Waals surface area contributed by atoms with E-state index in [-0.39, 0.29) is 12.5 Å². The summed E-state index contributed by atoms with van der Waals surface area (Å²) in [5.41, 5.74) is 5.32. The van der Waals surface area contributed by atoms with E-state index in [2.05, 4.69) is 17.5 Å². The summed E-state index contributed by atoms with van der Waals surface area (Å²) in [5, 5.41) is 3.92. The van der Waals surface area contributed by atoms with Gasteiger partial charge in [0, 0.05) is 6.08 Å². The number of hydrogen-bond acceptors (Lipinski definition) is 5. The van der Waals surface area contributed by atoms with Crippen LogP contribution in [0.2, 0.25) is 0 Å². The maximum absolute atomic E-state index is 11.9. The summed E-state index contributed by atoms with van der Waals surface area (Å²) in [6.45, 7) is 2.00. The molecule has 0 fully saturated rings. The Morgan fingerprint density at radius 3 is 2.27 bits per heavy atom. The van der Waals surface area contributed by atoms with Crippen molar-refractivity contribution in [2.45, 2.75) is 19.8 Å². The van der Waals surface area contributed by atoms with Crippen molar-refractivity contribution in [3.63, 3.8) is 0 Å². The van der Waals surface area contributed by atoms with E-state index in [1.807, 2.05) is 54.6 Å². The summed E-state index contributed by atoms with van der Waals surface area (Å²) in [6.07, 6.45) is 6.67. The molecule has 0 saturated carbocycles. The molecule has 33 heavy (non-hydrogen) atoms. The summed E-state index contributed by atoms with van der Waals surface area (Å²) in [5.74, 6) is 0.224. The lowest BCUT2D eigenvalue weighted by Crippen LogP contribution is -2.24. The normalized spacial score (nSPS) is 10.9. The molecule has 6 heteroatoms. The molecule has 0 atom stereocenters. The van der Waals surface area contributed by atoms with Gasteiger partial charge in [0.25, 0.3) is 5.91 Å². The van der Waals surface area contributed by atoms with Gasteiger partial charge in [-0.25, -0.2) is 10.2 Å². The number of rotatable bonds is 10. The predicted molar refractivity (Wildman–Crippen MR) is 129 cm³/mol. The van der Waals surface area contributed by atoms with Crippen molar-refractivity contribution in [3.8, 4) is 11.5 Å². The van der Waals surface area contributed by atoms with E-state index in [0.717, 1.165) is 24.0 Å². The first-order chi connectivity index (χ1) is 16.1. The number of nitrogens with one attached hydrogen (secondary N) is 1. The molecule has 6 nitrogen and oxygen atoms in total. The lowest BCUT2D eigenvalue weighted by Gasteiger charge is -2.06. The van der Waals surface area contributed by atoms with Crippen LogP contribution < -0.4 is 14.9 Å². The van der Waals surface area contributed by atoms with Crippen molar-refractivity contribution in [2.24, 2.45) is 5.10 Å². The molecule has 0 heterocycles. The summed E-state index contributed by atoms with van der Waals surface area (Å²) >= 11 is 0. The van der Waals surface area contributed by atoms with Crippen LogP contribution in [0.25, 0.3) is 6.08 Å². The highest BCUT2D eigenvalue weighted by Crippen LogP contribution is 2.14. The number of carbonyl (C=O) groups excluding carboxylic acids is 2. The van der Waals surface area contributed by atoms with Gasteiger partial charge in [0.15, 0.2) is 6.61 Å². The fourth-order valence-corrected chi connectivity index (χ4v) is 2.90. The van der Waals surface area contributed by atoms with Crippen LogP contribution in [0.15, 0.2) is 90.0 Å². The third kappa shape index (κ3) is 8.45. The number of amides is 1. The van der Waals surface area contributed by atoms with Gasteiger partial charge in [-0.15, -0.1) is 0 Å². The van der Waals surface area contributed by atoms with Gasteiger partial charge in [-0.3, -0.25) is 4.79 Å². The highest BCUT2D eigenvalue weighted by Gasteiger charge is 2.03. The van der Waals surface area contributed by atoms with Crippen LogP contribution in [-0.4, -0.2) is 24.7 Å². The molecule has 0 aliphatic rings. The predicted octanol–water partition coefficient (Wildman–Crippen LogP) is 4.79. The number of benzene rings is 3. The lowest BCUT2D eigenvalue weighted by atomic mass is 10.1. The Morgan fingerprint density at radius 1 is 0.879 bits per heavy atom. The van der Waals surface area contributed by atoms with Crippen LogP contribution >= 0.6 is 0 Å². The molecule has 1 N–H and O–H groups in total. The molecule has 3 aromatic rings. The summed E-state index contributed by atoms with van der Waals surface area (Å²) in [7, 11) is 0. The smallest absolute Gasteiger partial charge is 0.336 e. The van der Waals surface area contributed by atoms with Crippen LogP contribution in [-0.2, 0) is 16.0 Å². The second kappa shape index (κ2) is 12.6. The lowest BCUT2D eigenvalue weighted by molar-refractivity contribution is -0.129. The first-order valence-electron chi connectivity index (χ1n) is 10.7. The molecule has 1 amide bonds. The van der Waals surface area contributed by atoms with E-state index in [0.29, 0.717) is 11.5 Å². The standard InChI is InChI=1S/C27H26N2O4/c1-2-6-21-9-14-24(15-10-21)32-20-26(30)29-28-19-23-11-16-25(17-12-23)33-27(31)18-13-22-7-4-3-5-8-22/h3-5,7-19H,2,6,20H2,1H3,(H,29,30). The number of esters is 1. The molecule has 0 unspecified atom stereocenters. The molecule has 3 rings (SSSR count). The SMILES string of the molecule is CCCc1ccc(OCC(=O)NN=Cc2ccc(OC(=O)C=Cc3ccccc3)cc2)cc1. The van der Waals surface area contributed by atoms with Crippen LogP contribution in [0.1, 0.15) is 30.0 Å². The van der Waals surface area contributed by atoms with Crippen molar-refractivity contribution in [3.05, 3.63) is 102 Å². The van der Waals surface area contributed by atoms with Gasteiger partial charge in [0.2, 0.25) is 0 Å². The number of carbonyl (C=O) groups is 2. The zero-order valence-electron chi connectivity index (χ0n) is 18.4. The zero-order chi connectivity index (χ0) is 23.3. The van der Waals surface area contributed by atoms with Gasteiger partial charge in [-0.2, -0.15) is 5.10 Å². The molecule has 0 saturated heterocycles. The topological polar surface area (TPSA) is 77.0 Å². The summed E-state index contributed by atoms with van der Waals surface area (Å²) < 4.78 is 10.7. The van der Waals surface area contributed by atoms with Gasteiger partial charge in [-0.1, -0.05) is 55.8 Å². The Kier molecular flexibility index (Phi) is 8.97. The maximum Gasteiger partial charge on any atom is 0.336 e. The molecule has 0 bridgehead atoms. The molecule has 0 aliphatic carbocycles. The number of hydrazone groups is 1. The van der Waals surface area contributed by atoms with Crippen molar-refractivity contribution in [1.82, 2.24) is 5.43 Å². The molecule has 0 spiro atoms. The number of aryl methyl sites for hydroxylation is 1. The van der Waals surface area contributed by atoms with E-state index < -0.39 is 5.97 Å². The molecule has 0 radical (unpaired) electrons. The maximum atomic E-state index is 11.9. The van der Waals surface area contributed by atoms with Gasteiger partial charge in [0.1, 0.15) is 11.5 Å². The van der Waals surface area contributed by atoms with Crippen molar-refractivity contribution in [2.75, 3.05) is 6.61 Å². The van der Waals surface area contributed by atoms with Crippen LogP contribution in [0.5, 0.6) is 11.5 Å². The third-order valence-corrected chi connectivity index (χ3v) is 4.54. The number of ether oxygens (including phenoxy) is 2. The van der Waals surface area contributed by atoms with Gasteiger partial charge in [0.05, 0.1) is 6.21 Å². The quantitative estimate of drug-likeness (QED) is 0.161. The number of hydrogen-bond donors (Lipinski definition) is 1. The fourth-order valence-electron chi connectivity index (χ4n) is 2.90. The van der Waals surface area contributed by atoms with E-state index in [9.17, 15) is 9.59 Å². The molecular weight excluding hydrogens is 416 g/mol. The summed E-state index contributed by atoms with van der Waals surface area (Å²) in [4.78, 5) is 23.8. The average molecular weight is 443 g/mol. The Morgan fingerprint density at radius 2 is 1.58 bits per heavy atom. The van der Waals surface area contributed by atoms with E-state index in [4.69, 9.17) is 9.47 Å². The van der Waals surface area contributed by atoms with Crippen LogP contribution in [0, 0.1) is 0 Å². The van der Waals surface area contributed by atoms with Crippen molar-refractivity contribution < 1.29 is 19.1 Å². The Bertz CT molecular complexity index is 1090. The largest absolute Gasteiger partial charge is 0.484 e. The van der Waals surface area contributed by atoms with Gasteiger partial charge < -0.3 is 9.47 Å². The van der Waals surface area contributed by atoms with Crippen molar-refractivity contribution >= 4 is 24.2 Å². The zero-order valence-corrected chi connectivity index (χ0v) is 18.4.